The lowest BCUT2D eigenvalue weighted by molar-refractivity contribution is -0.141. The SMILES string of the molecule is CCCCCOc1ccc(/C=C2/C(=O)N(Cc3ccc(C)cc3)C(=O)C(C#N)=C2C)cc1OC. The lowest BCUT2D eigenvalue weighted by Gasteiger charge is -2.27. The molecule has 6 heteroatoms. The number of nitriles is 1. The number of hydrogen-bond donors (Lipinski definition) is 0. The van der Waals surface area contributed by atoms with Crippen molar-refractivity contribution < 1.29 is 19.1 Å². The summed E-state index contributed by atoms with van der Waals surface area (Å²) in [4.78, 5) is 27.4. The average molecular weight is 459 g/mol. The first-order valence-corrected chi connectivity index (χ1v) is 11.4. The zero-order valence-electron chi connectivity index (χ0n) is 20.2. The molecule has 0 radical (unpaired) electrons. The van der Waals surface area contributed by atoms with E-state index in [4.69, 9.17) is 9.47 Å². The zero-order chi connectivity index (χ0) is 24.7. The molecule has 34 heavy (non-hydrogen) atoms. The van der Waals surface area contributed by atoms with E-state index in [2.05, 4.69) is 6.92 Å². The number of benzene rings is 2. The van der Waals surface area contributed by atoms with Crippen molar-refractivity contribution in [1.82, 2.24) is 4.90 Å². The Labute approximate surface area is 201 Å². The smallest absolute Gasteiger partial charge is 0.271 e. The Morgan fingerprint density at radius 2 is 1.74 bits per heavy atom. The number of unbranched alkanes of at least 4 members (excludes halogenated alkanes) is 2. The molecule has 1 aliphatic rings. The van der Waals surface area contributed by atoms with Crippen molar-refractivity contribution in [3.8, 4) is 17.6 Å². The van der Waals surface area contributed by atoms with Crippen LogP contribution in [0.4, 0.5) is 0 Å². The fourth-order valence-electron chi connectivity index (χ4n) is 3.74. The number of aryl methyl sites for hydroxylation is 1. The number of methoxy groups -OCH3 is 1. The van der Waals surface area contributed by atoms with Crippen LogP contribution in [0.25, 0.3) is 6.08 Å². The Hall–Kier alpha value is -3.85. The fourth-order valence-corrected chi connectivity index (χ4v) is 3.74. The summed E-state index contributed by atoms with van der Waals surface area (Å²) in [5.41, 5.74) is 3.26. The molecule has 0 fully saturated rings. The Kier molecular flexibility index (Phi) is 8.26. The molecule has 1 heterocycles. The Balaban J connectivity index is 1.93. The van der Waals surface area contributed by atoms with E-state index in [1.807, 2.05) is 49.4 Å². The van der Waals surface area contributed by atoms with Gasteiger partial charge in [0.2, 0.25) is 0 Å². The second-order valence-corrected chi connectivity index (χ2v) is 8.32. The van der Waals surface area contributed by atoms with E-state index in [0.717, 1.165) is 35.3 Å². The molecule has 6 nitrogen and oxygen atoms in total. The van der Waals surface area contributed by atoms with E-state index in [0.29, 0.717) is 34.8 Å². The third-order valence-corrected chi connectivity index (χ3v) is 5.79. The van der Waals surface area contributed by atoms with Gasteiger partial charge in [-0.1, -0.05) is 55.7 Å². The Morgan fingerprint density at radius 3 is 2.38 bits per heavy atom. The van der Waals surface area contributed by atoms with Crippen LogP contribution in [0.15, 0.2) is 59.2 Å². The summed E-state index contributed by atoms with van der Waals surface area (Å²) in [6.07, 6.45) is 4.86. The van der Waals surface area contributed by atoms with Gasteiger partial charge in [-0.05, 0) is 55.2 Å². The van der Waals surface area contributed by atoms with Crippen LogP contribution in [-0.4, -0.2) is 30.4 Å². The van der Waals surface area contributed by atoms with Gasteiger partial charge in [0.05, 0.1) is 20.3 Å². The summed E-state index contributed by atoms with van der Waals surface area (Å²) < 4.78 is 11.3. The fraction of sp³-hybridized carbons (Fsp3) is 0.321. The van der Waals surface area contributed by atoms with Crippen LogP contribution in [0, 0.1) is 18.3 Å². The molecular weight excluding hydrogens is 428 g/mol. The van der Waals surface area contributed by atoms with Crippen molar-refractivity contribution in [1.29, 1.82) is 5.26 Å². The standard InChI is InChI=1S/C28H30N2O4/c1-5-6-7-14-34-25-13-12-22(16-26(25)33-4)15-23-20(3)24(17-29)28(32)30(27(23)31)18-21-10-8-19(2)9-11-21/h8-13,15-16H,5-7,14,18H2,1-4H3/b23-15+. The van der Waals surface area contributed by atoms with E-state index < -0.39 is 11.8 Å². The van der Waals surface area contributed by atoms with Gasteiger partial charge in [0.15, 0.2) is 11.5 Å². The highest BCUT2D eigenvalue weighted by Crippen LogP contribution is 2.32. The number of amides is 2. The topological polar surface area (TPSA) is 79.6 Å². The van der Waals surface area contributed by atoms with Crippen molar-refractivity contribution >= 4 is 17.9 Å². The third-order valence-electron chi connectivity index (χ3n) is 5.79. The largest absolute Gasteiger partial charge is 0.493 e. The van der Waals surface area contributed by atoms with Crippen molar-refractivity contribution in [2.24, 2.45) is 0 Å². The zero-order valence-corrected chi connectivity index (χ0v) is 20.2. The normalized spacial score (nSPS) is 15.0. The number of carbonyl (C=O) groups excluding carboxylic acids is 2. The maximum atomic E-state index is 13.3. The molecule has 0 N–H and O–H groups in total. The molecule has 3 rings (SSSR count). The van der Waals surface area contributed by atoms with Crippen LogP contribution in [-0.2, 0) is 16.1 Å². The van der Waals surface area contributed by atoms with Crippen molar-refractivity contribution in [2.75, 3.05) is 13.7 Å². The van der Waals surface area contributed by atoms with Gasteiger partial charge in [0, 0.05) is 5.57 Å². The maximum Gasteiger partial charge on any atom is 0.271 e. The van der Waals surface area contributed by atoms with Gasteiger partial charge in [-0.3, -0.25) is 14.5 Å². The number of carbonyl (C=O) groups is 2. The molecule has 0 saturated carbocycles. The summed E-state index contributed by atoms with van der Waals surface area (Å²) in [5, 5.41) is 9.63. The molecule has 1 aliphatic heterocycles. The molecule has 2 amide bonds. The summed E-state index contributed by atoms with van der Waals surface area (Å²) >= 11 is 0. The quantitative estimate of drug-likeness (QED) is 0.287. The first-order chi connectivity index (χ1) is 16.4. The second-order valence-electron chi connectivity index (χ2n) is 8.32. The first-order valence-electron chi connectivity index (χ1n) is 11.4. The van der Waals surface area contributed by atoms with Crippen LogP contribution >= 0.6 is 0 Å². The van der Waals surface area contributed by atoms with Gasteiger partial charge in [-0.2, -0.15) is 5.26 Å². The Bertz CT molecular complexity index is 1170. The highest BCUT2D eigenvalue weighted by atomic mass is 16.5. The van der Waals surface area contributed by atoms with E-state index >= 15 is 0 Å². The van der Waals surface area contributed by atoms with Crippen LogP contribution in [0.5, 0.6) is 11.5 Å². The summed E-state index contributed by atoms with van der Waals surface area (Å²) in [6, 6.07) is 15.0. The molecule has 0 spiro atoms. The number of rotatable bonds is 9. The lowest BCUT2D eigenvalue weighted by Crippen LogP contribution is -2.42. The minimum absolute atomic E-state index is 0.0270. The Morgan fingerprint density at radius 1 is 1.00 bits per heavy atom. The molecule has 0 saturated heterocycles. The molecule has 0 unspecified atom stereocenters. The van der Waals surface area contributed by atoms with Crippen molar-refractivity contribution in [3.05, 3.63) is 75.9 Å². The average Bonchev–Trinajstić information content (AvgIpc) is 2.84. The van der Waals surface area contributed by atoms with Gasteiger partial charge in [0.25, 0.3) is 11.8 Å². The molecular formula is C28H30N2O4. The summed E-state index contributed by atoms with van der Waals surface area (Å²) in [6.45, 7) is 6.44. The van der Waals surface area contributed by atoms with Crippen molar-refractivity contribution in [3.63, 3.8) is 0 Å². The maximum absolute atomic E-state index is 13.3. The number of hydrogen-bond acceptors (Lipinski definition) is 5. The van der Waals surface area contributed by atoms with Crippen LogP contribution in [0.2, 0.25) is 0 Å². The van der Waals surface area contributed by atoms with E-state index in [-0.39, 0.29) is 12.1 Å². The van der Waals surface area contributed by atoms with E-state index in [1.165, 1.54) is 0 Å². The highest BCUT2D eigenvalue weighted by molar-refractivity contribution is 6.19. The van der Waals surface area contributed by atoms with Gasteiger partial charge >= 0.3 is 0 Å². The van der Waals surface area contributed by atoms with Crippen LogP contribution in [0.1, 0.15) is 49.8 Å². The molecule has 0 aromatic heterocycles. The first kappa shape index (κ1) is 24.8. The van der Waals surface area contributed by atoms with Gasteiger partial charge < -0.3 is 9.47 Å². The number of ether oxygens (including phenoxy) is 2. The predicted octanol–water partition coefficient (Wildman–Crippen LogP) is 5.37. The van der Waals surface area contributed by atoms with Crippen molar-refractivity contribution in [2.45, 2.75) is 46.6 Å². The lowest BCUT2D eigenvalue weighted by atomic mass is 9.93. The molecule has 2 aromatic carbocycles. The molecule has 176 valence electrons. The second kappa shape index (κ2) is 11.3. The minimum atomic E-state index is -0.573. The molecule has 0 aliphatic carbocycles. The molecule has 0 bridgehead atoms. The van der Waals surface area contributed by atoms with Crippen LogP contribution < -0.4 is 9.47 Å². The van der Waals surface area contributed by atoms with Gasteiger partial charge in [-0.15, -0.1) is 0 Å². The molecule has 2 aromatic rings. The highest BCUT2D eigenvalue weighted by Gasteiger charge is 2.35. The molecule has 0 atom stereocenters. The van der Waals surface area contributed by atoms with E-state index in [1.54, 1.807) is 26.2 Å². The summed E-state index contributed by atoms with van der Waals surface area (Å²) in [7, 11) is 1.57. The number of imide groups is 1. The minimum Gasteiger partial charge on any atom is -0.493 e. The van der Waals surface area contributed by atoms with Gasteiger partial charge in [-0.25, -0.2) is 0 Å². The van der Waals surface area contributed by atoms with Gasteiger partial charge in [0.1, 0.15) is 11.6 Å². The predicted molar refractivity (Wildman–Crippen MR) is 131 cm³/mol. The third kappa shape index (κ3) is 5.55. The summed E-state index contributed by atoms with van der Waals surface area (Å²) in [5.74, 6) is 0.192. The van der Waals surface area contributed by atoms with Crippen LogP contribution in [0.3, 0.4) is 0 Å². The number of nitrogens with zero attached hydrogens (tertiary/aromatic N) is 2. The monoisotopic (exact) mass is 458 g/mol. The van der Waals surface area contributed by atoms with E-state index in [9.17, 15) is 14.9 Å².